The number of benzene rings is 2. The van der Waals surface area contributed by atoms with Crippen molar-refractivity contribution < 1.29 is 19.0 Å². The molecular formula is C23H21N3O4. The van der Waals surface area contributed by atoms with E-state index in [1.54, 1.807) is 44.2 Å². The van der Waals surface area contributed by atoms with E-state index in [1.165, 1.54) is 6.08 Å². The second kappa shape index (κ2) is 9.43. The Morgan fingerprint density at radius 1 is 1.13 bits per heavy atom. The molecule has 0 spiro atoms. The van der Waals surface area contributed by atoms with Crippen molar-refractivity contribution in [1.82, 2.24) is 9.78 Å². The predicted octanol–water partition coefficient (Wildman–Crippen LogP) is 4.03. The van der Waals surface area contributed by atoms with E-state index in [4.69, 9.17) is 14.2 Å². The summed E-state index contributed by atoms with van der Waals surface area (Å²) in [4.78, 5) is 12.1. The van der Waals surface area contributed by atoms with Gasteiger partial charge >= 0.3 is 5.97 Å². The van der Waals surface area contributed by atoms with E-state index in [2.05, 4.69) is 5.10 Å². The molecule has 3 aromatic rings. The predicted molar refractivity (Wildman–Crippen MR) is 112 cm³/mol. The molecule has 152 valence electrons. The lowest BCUT2D eigenvalue weighted by molar-refractivity contribution is -0.137. The number of hydrogen-bond donors (Lipinski definition) is 0. The number of para-hydroxylation sites is 1. The third-order valence-electron chi connectivity index (χ3n) is 4.34. The maximum absolute atomic E-state index is 12.1. The molecule has 2 aromatic carbocycles. The Balaban J connectivity index is 2.17. The van der Waals surface area contributed by atoms with Crippen molar-refractivity contribution in [3.05, 3.63) is 65.9 Å². The number of carbonyl (C=O) groups excluding carboxylic acids is 1. The molecule has 0 aliphatic heterocycles. The van der Waals surface area contributed by atoms with E-state index in [9.17, 15) is 10.1 Å². The molecule has 0 bridgehead atoms. The van der Waals surface area contributed by atoms with Gasteiger partial charge in [-0.15, -0.1) is 0 Å². The molecule has 30 heavy (non-hydrogen) atoms. The van der Waals surface area contributed by atoms with Crippen LogP contribution in [-0.4, -0.2) is 36.6 Å². The molecule has 0 radical (unpaired) electrons. The average molecular weight is 403 g/mol. The summed E-state index contributed by atoms with van der Waals surface area (Å²) in [5.41, 5.74) is 2.65. The SMILES string of the molecule is CCOC(=O)/C(C#N)=C/c1cn(-c2ccccc2)nc1-c1ccc(OC)c(OC)c1. The highest BCUT2D eigenvalue weighted by atomic mass is 16.5. The molecule has 0 N–H and O–H groups in total. The van der Waals surface area contributed by atoms with Crippen molar-refractivity contribution in [2.75, 3.05) is 20.8 Å². The molecule has 0 fully saturated rings. The molecule has 0 aliphatic rings. The van der Waals surface area contributed by atoms with Gasteiger partial charge in [0.05, 0.1) is 26.5 Å². The zero-order valence-electron chi connectivity index (χ0n) is 17.0. The van der Waals surface area contributed by atoms with Crippen LogP contribution in [0.3, 0.4) is 0 Å². The third kappa shape index (κ3) is 4.33. The van der Waals surface area contributed by atoms with Gasteiger partial charge in [0.25, 0.3) is 0 Å². The molecule has 7 nitrogen and oxygen atoms in total. The van der Waals surface area contributed by atoms with E-state index >= 15 is 0 Å². The molecule has 7 heteroatoms. The summed E-state index contributed by atoms with van der Waals surface area (Å²) in [5.74, 6) is 0.459. The minimum Gasteiger partial charge on any atom is -0.493 e. The van der Waals surface area contributed by atoms with Gasteiger partial charge in [-0.05, 0) is 43.3 Å². The number of ether oxygens (including phenoxy) is 3. The second-order valence-electron chi connectivity index (χ2n) is 6.17. The summed E-state index contributed by atoms with van der Waals surface area (Å²) in [6.45, 7) is 1.87. The Bertz CT molecular complexity index is 1110. The smallest absolute Gasteiger partial charge is 0.348 e. The molecule has 0 saturated heterocycles. The summed E-state index contributed by atoms with van der Waals surface area (Å²) in [6.07, 6.45) is 3.24. The summed E-state index contributed by atoms with van der Waals surface area (Å²) in [6, 6.07) is 16.9. The van der Waals surface area contributed by atoms with Gasteiger partial charge in [-0.25, -0.2) is 9.48 Å². The van der Waals surface area contributed by atoms with Gasteiger partial charge in [0.15, 0.2) is 11.5 Å². The number of nitrogens with zero attached hydrogens (tertiary/aromatic N) is 3. The van der Waals surface area contributed by atoms with Crippen LogP contribution >= 0.6 is 0 Å². The fourth-order valence-corrected chi connectivity index (χ4v) is 2.91. The van der Waals surface area contributed by atoms with Crippen LogP contribution in [0.1, 0.15) is 12.5 Å². The Hall–Kier alpha value is -4.05. The first kappa shape index (κ1) is 20.7. The van der Waals surface area contributed by atoms with Crippen LogP contribution in [0.5, 0.6) is 11.5 Å². The number of aromatic nitrogens is 2. The topological polar surface area (TPSA) is 86.4 Å². The Labute approximate surface area is 174 Å². The van der Waals surface area contributed by atoms with Crippen LogP contribution < -0.4 is 9.47 Å². The van der Waals surface area contributed by atoms with Crippen LogP contribution in [0.2, 0.25) is 0 Å². The van der Waals surface area contributed by atoms with Gasteiger partial charge in [0, 0.05) is 17.3 Å². The summed E-state index contributed by atoms with van der Waals surface area (Å²) in [7, 11) is 3.12. The number of nitriles is 1. The first-order chi connectivity index (χ1) is 14.6. The number of carbonyl (C=O) groups is 1. The first-order valence-electron chi connectivity index (χ1n) is 9.27. The van der Waals surface area contributed by atoms with Crippen molar-refractivity contribution in [3.8, 4) is 34.5 Å². The highest BCUT2D eigenvalue weighted by molar-refractivity contribution is 5.98. The van der Waals surface area contributed by atoms with E-state index in [1.807, 2.05) is 42.5 Å². The molecule has 0 unspecified atom stereocenters. The molecular weight excluding hydrogens is 382 g/mol. The molecule has 0 amide bonds. The van der Waals surface area contributed by atoms with E-state index in [-0.39, 0.29) is 12.2 Å². The Morgan fingerprint density at radius 3 is 2.50 bits per heavy atom. The van der Waals surface area contributed by atoms with Gasteiger partial charge in [-0.3, -0.25) is 0 Å². The van der Waals surface area contributed by atoms with Crippen LogP contribution in [0.25, 0.3) is 23.0 Å². The lowest BCUT2D eigenvalue weighted by Gasteiger charge is -2.09. The van der Waals surface area contributed by atoms with Gasteiger partial charge in [-0.1, -0.05) is 18.2 Å². The lowest BCUT2D eigenvalue weighted by atomic mass is 10.1. The zero-order chi connectivity index (χ0) is 21.5. The molecule has 0 aliphatic carbocycles. The van der Waals surface area contributed by atoms with Crippen molar-refractivity contribution >= 4 is 12.0 Å². The average Bonchev–Trinajstić information content (AvgIpc) is 3.21. The van der Waals surface area contributed by atoms with E-state index in [0.29, 0.717) is 22.8 Å². The first-order valence-corrected chi connectivity index (χ1v) is 9.27. The maximum Gasteiger partial charge on any atom is 0.348 e. The van der Waals surface area contributed by atoms with E-state index in [0.717, 1.165) is 11.3 Å². The molecule has 0 saturated carbocycles. The van der Waals surface area contributed by atoms with Crippen LogP contribution in [0.15, 0.2) is 60.3 Å². The lowest BCUT2D eigenvalue weighted by Crippen LogP contribution is -2.06. The van der Waals surface area contributed by atoms with Crippen molar-refractivity contribution in [1.29, 1.82) is 5.26 Å². The van der Waals surface area contributed by atoms with Crippen LogP contribution in [-0.2, 0) is 9.53 Å². The fraction of sp³-hybridized carbons (Fsp3) is 0.174. The van der Waals surface area contributed by atoms with Crippen molar-refractivity contribution in [2.45, 2.75) is 6.92 Å². The van der Waals surface area contributed by atoms with Gasteiger partial charge in [-0.2, -0.15) is 10.4 Å². The van der Waals surface area contributed by atoms with E-state index < -0.39 is 5.97 Å². The van der Waals surface area contributed by atoms with Gasteiger partial charge in [0.1, 0.15) is 17.3 Å². The van der Waals surface area contributed by atoms with Gasteiger partial charge in [0.2, 0.25) is 0 Å². The fourth-order valence-electron chi connectivity index (χ4n) is 2.91. The van der Waals surface area contributed by atoms with Crippen molar-refractivity contribution in [2.24, 2.45) is 0 Å². The Kier molecular flexibility index (Phi) is 6.50. The second-order valence-corrected chi connectivity index (χ2v) is 6.17. The molecule has 1 aromatic heterocycles. The Morgan fingerprint density at radius 2 is 1.87 bits per heavy atom. The summed E-state index contributed by atoms with van der Waals surface area (Å²) in [5, 5.41) is 14.1. The maximum atomic E-state index is 12.1. The standard InChI is InChI=1S/C23H21N3O4/c1-4-30-23(27)17(14-24)12-18-15-26(19-8-6-5-7-9-19)25-22(18)16-10-11-20(28-2)21(13-16)29-3/h5-13,15H,4H2,1-3H3/b17-12+. The van der Waals surface area contributed by atoms with Crippen LogP contribution in [0, 0.1) is 11.3 Å². The minimum atomic E-state index is -0.675. The normalized spacial score (nSPS) is 10.9. The van der Waals surface area contributed by atoms with Gasteiger partial charge < -0.3 is 14.2 Å². The molecule has 3 rings (SSSR count). The minimum absolute atomic E-state index is 0.105. The summed E-state index contributed by atoms with van der Waals surface area (Å²) >= 11 is 0. The highest BCUT2D eigenvalue weighted by Crippen LogP contribution is 2.34. The number of esters is 1. The number of methoxy groups -OCH3 is 2. The van der Waals surface area contributed by atoms with Crippen molar-refractivity contribution in [3.63, 3.8) is 0 Å². The zero-order valence-corrected chi connectivity index (χ0v) is 17.0. The number of hydrogen-bond acceptors (Lipinski definition) is 6. The molecule has 1 heterocycles. The highest BCUT2D eigenvalue weighted by Gasteiger charge is 2.17. The molecule has 0 atom stereocenters. The largest absolute Gasteiger partial charge is 0.493 e. The third-order valence-corrected chi connectivity index (χ3v) is 4.34. The number of rotatable bonds is 7. The summed E-state index contributed by atoms with van der Waals surface area (Å²) < 4.78 is 17.4. The quantitative estimate of drug-likeness (QED) is 0.336. The monoisotopic (exact) mass is 403 g/mol. The van der Waals surface area contributed by atoms with Crippen LogP contribution in [0.4, 0.5) is 0 Å².